The van der Waals surface area contributed by atoms with Crippen LogP contribution >= 0.6 is 11.6 Å². The van der Waals surface area contributed by atoms with E-state index >= 15 is 0 Å². The molecule has 2 aromatic rings. The molecule has 1 amide bonds. The third-order valence-electron chi connectivity index (χ3n) is 4.80. The summed E-state index contributed by atoms with van der Waals surface area (Å²) in [6.07, 6.45) is 0.971. The fourth-order valence-electron chi connectivity index (χ4n) is 2.90. The van der Waals surface area contributed by atoms with E-state index in [1.54, 1.807) is 0 Å². The minimum atomic E-state index is -3.74. The highest BCUT2D eigenvalue weighted by Gasteiger charge is 2.23. The number of nitrogens with one attached hydrogen (secondary N) is 1. The first kappa shape index (κ1) is 23.3. The van der Waals surface area contributed by atoms with E-state index < -0.39 is 10.0 Å². The first-order chi connectivity index (χ1) is 13.6. The van der Waals surface area contributed by atoms with Crippen LogP contribution in [-0.4, -0.2) is 58.3 Å². The van der Waals surface area contributed by atoms with Crippen LogP contribution in [0.5, 0.6) is 0 Å². The lowest BCUT2D eigenvalue weighted by Gasteiger charge is -2.25. The summed E-state index contributed by atoms with van der Waals surface area (Å²) in [7, 11) is 3.00. The number of nitrogens with zero attached hydrogens (tertiary/aromatic N) is 2. The molecular weight excluding hydrogens is 410 g/mol. The van der Waals surface area contributed by atoms with Gasteiger partial charge in [-0.3, -0.25) is 4.79 Å². The molecule has 2 rings (SSSR count). The SMILES string of the molecule is CCc1ccc(C(CNC(=O)c2ccc(Cl)c(S(=O)(=O)N(C)C)c2)N(C)C)cc1. The van der Waals surface area contributed by atoms with Crippen LogP contribution in [0.25, 0.3) is 0 Å². The molecule has 8 heteroatoms. The Balaban J connectivity index is 2.20. The zero-order valence-electron chi connectivity index (χ0n) is 17.4. The summed E-state index contributed by atoms with van der Waals surface area (Å²) >= 11 is 6.06. The number of carbonyl (C=O) groups is 1. The molecule has 1 atom stereocenters. The van der Waals surface area contributed by atoms with Crippen molar-refractivity contribution in [3.8, 4) is 0 Å². The van der Waals surface area contributed by atoms with Crippen molar-refractivity contribution >= 4 is 27.5 Å². The molecule has 0 bridgehead atoms. The normalized spacial score (nSPS) is 13.0. The molecule has 158 valence electrons. The van der Waals surface area contributed by atoms with Crippen molar-refractivity contribution in [2.24, 2.45) is 0 Å². The molecule has 0 aliphatic carbocycles. The zero-order chi connectivity index (χ0) is 21.8. The summed E-state index contributed by atoms with van der Waals surface area (Å²) in [5.74, 6) is -0.353. The number of sulfonamides is 1. The van der Waals surface area contributed by atoms with Gasteiger partial charge in [0.15, 0.2) is 0 Å². The van der Waals surface area contributed by atoms with Gasteiger partial charge in [-0.1, -0.05) is 42.8 Å². The average Bonchev–Trinajstić information content (AvgIpc) is 2.68. The summed E-state index contributed by atoms with van der Waals surface area (Å²) in [6, 6.07) is 12.6. The average molecular weight is 438 g/mol. The Hall–Kier alpha value is -1.93. The van der Waals surface area contributed by atoms with Gasteiger partial charge < -0.3 is 10.2 Å². The monoisotopic (exact) mass is 437 g/mol. The fourth-order valence-corrected chi connectivity index (χ4v) is 4.30. The van der Waals surface area contributed by atoms with Crippen LogP contribution < -0.4 is 5.32 Å². The number of carbonyl (C=O) groups excluding carboxylic acids is 1. The number of halogens is 1. The smallest absolute Gasteiger partial charge is 0.251 e. The number of likely N-dealkylation sites (N-methyl/N-ethyl adjacent to an activating group) is 1. The molecule has 0 saturated heterocycles. The Kier molecular flexibility index (Phi) is 7.82. The van der Waals surface area contributed by atoms with Crippen LogP contribution in [0.2, 0.25) is 5.02 Å². The van der Waals surface area contributed by atoms with Crippen LogP contribution in [-0.2, 0) is 16.4 Å². The van der Waals surface area contributed by atoms with Crippen molar-refractivity contribution in [2.45, 2.75) is 24.3 Å². The Labute approximate surface area is 178 Å². The number of aryl methyl sites for hydroxylation is 1. The van der Waals surface area contributed by atoms with Gasteiger partial charge in [0, 0.05) is 26.2 Å². The van der Waals surface area contributed by atoms with Crippen molar-refractivity contribution in [2.75, 3.05) is 34.7 Å². The van der Waals surface area contributed by atoms with E-state index in [0.717, 1.165) is 16.3 Å². The first-order valence-corrected chi connectivity index (χ1v) is 11.1. The molecule has 0 aliphatic rings. The summed E-state index contributed by atoms with van der Waals surface area (Å²) in [4.78, 5) is 14.6. The zero-order valence-corrected chi connectivity index (χ0v) is 19.0. The third-order valence-corrected chi connectivity index (χ3v) is 7.10. The quantitative estimate of drug-likeness (QED) is 0.688. The molecule has 2 aromatic carbocycles. The first-order valence-electron chi connectivity index (χ1n) is 9.33. The van der Waals surface area contributed by atoms with Crippen molar-refractivity contribution in [3.63, 3.8) is 0 Å². The molecule has 0 saturated carbocycles. The molecule has 0 aromatic heterocycles. The van der Waals surface area contributed by atoms with Gasteiger partial charge in [0.05, 0.1) is 11.1 Å². The molecule has 29 heavy (non-hydrogen) atoms. The Morgan fingerprint density at radius 3 is 2.21 bits per heavy atom. The summed E-state index contributed by atoms with van der Waals surface area (Å²) in [5, 5.41) is 2.98. The van der Waals surface area contributed by atoms with Crippen LogP contribution in [0.4, 0.5) is 0 Å². The second-order valence-electron chi connectivity index (χ2n) is 7.22. The van der Waals surface area contributed by atoms with E-state index in [1.165, 1.54) is 37.9 Å². The van der Waals surface area contributed by atoms with E-state index in [-0.39, 0.29) is 27.4 Å². The number of hydrogen-bond donors (Lipinski definition) is 1. The number of rotatable bonds is 8. The summed E-state index contributed by atoms with van der Waals surface area (Å²) in [5.41, 5.74) is 2.60. The molecule has 0 aliphatic heterocycles. The lowest BCUT2D eigenvalue weighted by molar-refractivity contribution is 0.0941. The second-order valence-corrected chi connectivity index (χ2v) is 9.74. The van der Waals surface area contributed by atoms with Crippen LogP contribution in [0.1, 0.15) is 34.5 Å². The van der Waals surface area contributed by atoms with Crippen molar-refractivity contribution in [3.05, 3.63) is 64.2 Å². The molecule has 0 heterocycles. The number of hydrogen-bond acceptors (Lipinski definition) is 4. The van der Waals surface area contributed by atoms with Crippen LogP contribution in [0.3, 0.4) is 0 Å². The van der Waals surface area contributed by atoms with Gasteiger partial charge in [-0.05, 0) is 49.8 Å². The van der Waals surface area contributed by atoms with E-state index in [2.05, 4.69) is 36.5 Å². The van der Waals surface area contributed by atoms with Crippen molar-refractivity contribution in [1.29, 1.82) is 0 Å². The minimum absolute atomic E-state index is 0.0119. The van der Waals surface area contributed by atoms with Crippen LogP contribution in [0, 0.1) is 0 Å². The van der Waals surface area contributed by atoms with Crippen molar-refractivity contribution in [1.82, 2.24) is 14.5 Å². The minimum Gasteiger partial charge on any atom is -0.350 e. The predicted octanol–water partition coefficient (Wildman–Crippen LogP) is 3.19. The van der Waals surface area contributed by atoms with E-state index in [0.29, 0.717) is 6.54 Å². The standard InChI is InChI=1S/C21H28ClN3O3S/c1-6-15-7-9-16(10-8-15)19(24(2)3)14-23-21(26)17-11-12-18(22)20(13-17)29(27,28)25(4)5/h7-13,19H,6,14H2,1-5H3,(H,23,26). The summed E-state index contributed by atoms with van der Waals surface area (Å²) in [6.45, 7) is 2.49. The largest absolute Gasteiger partial charge is 0.350 e. The topological polar surface area (TPSA) is 69.7 Å². The van der Waals surface area contributed by atoms with Gasteiger partial charge in [-0.2, -0.15) is 0 Å². The molecule has 1 N–H and O–H groups in total. The highest BCUT2D eigenvalue weighted by Crippen LogP contribution is 2.25. The van der Waals surface area contributed by atoms with Crippen LogP contribution in [0.15, 0.2) is 47.4 Å². The van der Waals surface area contributed by atoms with Gasteiger partial charge in [-0.25, -0.2) is 12.7 Å². The van der Waals surface area contributed by atoms with E-state index in [1.807, 2.05) is 19.0 Å². The predicted molar refractivity (Wildman–Crippen MR) is 117 cm³/mol. The highest BCUT2D eigenvalue weighted by atomic mass is 35.5. The second kappa shape index (κ2) is 9.71. The maximum atomic E-state index is 12.7. The van der Waals surface area contributed by atoms with Gasteiger partial charge in [0.25, 0.3) is 5.91 Å². The molecule has 6 nitrogen and oxygen atoms in total. The maximum Gasteiger partial charge on any atom is 0.251 e. The number of amides is 1. The Morgan fingerprint density at radius 1 is 1.07 bits per heavy atom. The molecule has 1 unspecified atom stereocenters. The van der Waals surface area contributed by atoms with Gasteiger partial charge in [0.2, 0.25) is 10.0 Å². The lowest BCUT2D eigenvalue weighted by Crippen LogP contribution is -2.34. The Morgan fingerprint density at radius 2 is 1.69 bits per heavy atom. The Bertz CT molecular complexity index is 958. The van der Waals surface area contributed by atoms with E-state index in [9.17, 15) is 13.2 Å². The van der Waals surface area contributed by atoms with Gasteiger partial charge in [-0.15, -0.1) is 0 Å². The van der Waals surface area contributed by atoms with E-state index in [4.69, 9.17) is 11.6 Å². The lowest BCUT2D eigenvalue weighted by atomic mass is 10.0. The highest BCUT2D eigenvalue weighted by molar-refractivity contribution is 7.89. The molecular formula is C21H28ClN3O3S. The number of benzene rings is 2. The van der Waals surface area contributed by atoms with Crippen molar-refractivity contribution < 1.29 is 13.2 Å². The third kappa shape index (κ3) is 5.57. The molecule has 0 radical (unpaired) electrons. The maximum absolute atomic E-state index is 12.7. The fraction of sp³-hybridized carbons (Fsp3) is 0.381. The van der Waals surface area contributed by atoms with Gasteiger partial charge >= 0.3 is 0 Å². The molecule has 0 fully saturated rings. The van der Waals surface area contributed by atoms with Gasteiger partial charge in [0.1, 0.15) is 4.90 Å². The summed E-state index contributed by atoms with van der Waals surface area (Å²) < 4.78 is 25.9. The molecule has 0 spiro atoms.